The highest BCUT2D eigenvalue weighted by molar-refractivity contribution is 9.10. The van der Waals surface area contributed by atoms with Gasteiger partial charge in [0.25, 0.3) is 11.8 Å². The highest BCUT2D eigenvalue weighted by atomic mass is 79.9. The highest BCUT2D eigenvalue weighted by Gasteiger charge is 2.08. The van der Waals surface area contributed by atoms with E-state index in [-0.39, 0.29) is 6.61 Å². The number of halogens is 1. The second-order valence-corrected chi connectivity index (χ2v) is 6.90. The largest absolute Gasteiger partial charge is 0.483 e. The van der Waals surface area contributed by atoms with Crippen molar-refractivity contribution in [3.05, 3.63) is 95.0 Å². The van der Waals surface area contributed by atoms with E-state index in [0.29, 0.717) is 5.75 Å². The quantitative estimate of drug-likeness (QED) is 0.433. The lowest BCUT2D eigenvalue weighted by atomic mass is 10.1. The molecule has 0 aliphatic carbocycles. The third kappa shape index (κ3) is 6.05. The molecule has 0 unspecified atom stereocenters. The zero-order valence-corrected chi connectivity index (χ0v) is 17.1. The number of ether oxygens (including phenoxy) is 1. The van der Waals surface area contributed by atoms with Crippen molar-refractivity contribution in [2.45, 2.75) is 0 Å². The maximum Gasteiger partial charge on any atom is 0.276 e. The normalized spacial score (nSPS) is 10.5. The highest BCUT2D eigenvalue weighted by Crippen LogP contribution is 2.29. The van der Waals surface area contributed by atoms with Crippen molar-refractivity contribution < 1.29 is 14.3 Å². The van der Waals surface area contributed by atoms with Gasteiger partial charge in [-0.1, -0.05) is 82.7 Å². The summed E-state index contributed by atoms with van der Waals surface area (Å²) in [7, 11) is 0. The van der Waals surface area contributed by atoms with E-state index in [1.807, 2.05) is 72.8 Å². The second kappa shape index (κ2) is 10.2. The summed E-state index contributed by atoms with van der Waals surface area (Å²) >= 11 is 3.40. The van der Waals surface area contributed by atoms with Crippen LogP contribution in [0.15, 0.2) is 89.4 Å². The molecule has 0 aliphatic heterocycles. The Bertz CT molecular complexity index is 1020. The number of hydrazine groups is 1. The molecule has 2 amide bonds. The van der Waals surface area contributed by atoms with Crippen LogP contribution in [0.3, 0.4) is 0 Å². The minimum absolute atomic E-state index is 0.224. The van der Waals surface area contributed by atoms with Gasteiger partial charge in [0, 0.05) is 16.1 Å². The summed E-state index contributed by atoms with van der Waals surface area (Å²) in [4.78, 5) is 23.9. The summed E-state index contributed by atoms with van der Waals surface area (Å²) < 4.78 is 6.52. The molecule has 3 aromatic carbocycles. The average Bonchev–Trinajstić information content (AvgIpc) is 2.76. The summed E-state index contributed by atoms with van der Waals surface area (Å²) in [6, 6.07) is 24.7. The van der Waals surface area contributed by atoms with Crippen LogP contribution in [-0.4, -0.2) is 18.4 Å². The first-order valence-electron chi connectivity index (χ1n) is 8.92. The fraction of sp³-hybridized carbons (Fsp3) is 0.0435. The number of carbonyl (C=O) groups is 2. The molecule has 0 aromatic heterocycles. The second-order valence-electron chi connectivity index (χ2n) is 6.04. The van der Waals surface area contributed by atoms with Gasteiger partial charge in [-0.05, 0) is 29.3 Å². The van der Waals surface area contributed by atoms with Crippen LogP contribution < -0.4 is 15.6 Å². The molecule has 29 heavy (non-hydrogen) atoms. The van der Waals surface area contributed by atoms with E-state index in [0.717, 1.165) is 21.2 Å². The summed E-state index contributed by atoms with van der Waals surface area (Å²) in [6.45, 7) is -0.224. The smallest absolute Gasteiger partial charge is 0.276 e. The predicted molar refractivity (Wildman–Crippen MR) is 117 cm³/mol. The van der Waals surface area contributed by atoms with Crippen LogP contribution in [0.1, 0.15) is 5.56 Å². The Morgan fingerprint density at radius 1 is 0.862 bits per heavy atom. The van der Waals surface area contributed by atoms with Gasteiger partial charge in [0.05, 0.1) is 0 Å². The molecule has 0 bridgehead atoms. The number of nitrogens with one attached hydrogen (secondary N) is 2. The van der Waals surface area contributed by atoms with Gasteiger partial charge in [-0.25, -0.2) is 0 Å². The first kappa shape index (κ1) is 20.4. The van der Waals surface area contributed by atoms with Crippen LogP contribution in [0, 0.1) is 0 Å². The molecule has 2 N–H and O–H groups in total. The van der Waals surface area contributed by atoms with Gasteiger partial charge in [-0.15, -0.1) is 0 Å². The maximum absolute atomic E-state index is 12.0. The van der Waals surface area contributed by atoms with Crippen molar-refractivity contribution in [1.82, 2.24) is 10.9 Å². The van der Waals surface area contributed by atoms with Crippen molar-refractivity contribution in [2.24, 2.45) is 0 Å². The molecule has 0 aliphatic rings. The van der Waals surface area contributed by atoms with Gasteiger partial charge >= 0.3 is 0 Å². The summed E-state index contributed by atoms with van der Waals surface area (Å²) in [5, 5.41) is 0. The van der Waals surface area contributed by atoms with Gasteiger partial charge in [-0.3, -0.25) is 20.4 Å². The van der Waals surface area contributed by atoms with Crippen molar-refractivity contribution in [2.75, 3.05) is 6.61 Å². The van der Waals surface area contributed by atoms with E-state index < -0.39 is 11.8 Å². The van der Waals surface area contributed by atoms with Crippen molar-refractivity contribution in [3.63, 3.8) is 0 Å². The fourth-order valence-corrected chi connectivity index (χ4v) is 2.99. The Morgan fingerprint density at radius 2 is 1.55 bits per heavy atom. The Hall–Kier alpha value is -3.38. The molecule has 6 heteroatoms. The minimum atomic E-state index is -0.462. The van der Waals surface area contributed by atoms with E-state index in [9.17, 15) is 9.59 Å². The van der Waals surface area contributed by atoms with Gasteiger partial charge in [0.15, 0.2) is 6.61 Å². The third-order valence-electron chi connectivity index (χ3n) is 3.98. The zero-order valence-electron chi connectivity index (χ0n) is 15.5. The molecule has 0 radical (unpaired) electrons. The SMILES string of the molecule is O=C(/C=C/c1ccccc1Br)NNC(=O)COc1ccccc1-c1ccccc1. The Morgan fingerprint density at radius 3 is 2.34 bits per heavy atom. The molecule has 3 rings (SSSR count). The van der Waals surface area contributed by atoms with Crippen LogP contribution in [0.2, 0.25) is 0 Å². The molecule has 5 nitrogen and oxygen atoms in total. The lowest BCUT2D eigenvalue weighted by Gasteiger charge is -2.12. The van der Waals surface area contributed by atoms with Crippen molar-refractivity contribution in [3.8, 4) is 16.9 Å². The number of para-hydroxylation sites is 1. The maximum atomic E-state index is 12.0. The van der Waals surface area contributed by atoms with Crippen LogP contribution >= 0.6 is 15.9 Å². The lowest BCUT2D eigenvalue weighted by molar-refractivity contribution is -0.128. The summed E-state index contributed by atoms with van der Waals surface area (Å²) in [5.41, 5.74) is 7.41. The van der Waals surface area contributed by atoms with E-state index in [2.05, 4.69) is 26.8 Å². The summed E-state index contributed by atoms with van der Waals surface area (Å²) in [5.74, 6) is -0.316. The van der Waals surface area contributed by atoms with E-state index in [4.69, 9.17) is 4.74 Å². The van der Waals surface area contributed by atoms with Gasteiger partial charge < -0.3 is 4.74 Å². The van der Waals surface area contributed by atoms with Gasteiger partial charge in [0.1, 0.15) is 5.75 Å². The number of hydrogen-bond donors (Lipinski definition) is 2. The number of benzene rings is 3. The van der Waals surface area contributed by atoms with E-state index >= 15 is 0 Å². The van der Waals surface area contributed by atoms with Gasteiger partial charge in [0.2, 0.25) is 0 Å². The molecule has 0 fully saturated rings. The predicted octanol–water partition coefficient (Wildman–Crippen LogP) is 4.36. The topological polar surface area (TPSA) is 67.4 Å². The number of rotatable bonds is 6. The Labute approximate surface area is 177 Å². The molecular formula is C23H19BrN2O3. The fourth-order valence-electron chi connectivity index (χ4n) is 2.58. The molecule has 0 spiro atoms. The van der Waals surface area contributed by atoms with Crippen LogP contribution in [-0.2, 0) is 9.59 Å². The molecule has 146 valence electrons. The molecule has 0 atom stereocenters. The average molecular weight is 451 g/mol. The van der Waals surface area contributed by atoms with Crippen LogP contribution in [0.5, 0.6) is 5.75 Å². The van der Waals surface area contributed by atoms with Crippen LogP contribution in [0.4, 0.5) is 0 Å². The molecular weight excluding hydrogens is 432 g/mol. The van der Waals surface area contributed by atoms with Crippen molar-refractivity contribution in [1.29, 1.82) is 0 Å². The lowest BCUT2D eigenvalue weighted by Crippen LogP contribution is -2.43. The summed E-state index contributed by atoms with van der Waals surface area (Å²) in [6.07, 6.45) is 2.99. The monoisotopic (exact) mass is 450 g/mol. The first-order valence-corrected chi connectivity index (χ1v) is 9.71. The number of hydrogen-bond acceptors (Lipinski definition) is 3. The third-order valence-corrected chi connectivity index (χ3v) is 4.70. The molecule has 0 heterocycles. The van der Waals surface area contributed by atoms with Gasteiger partial charge in [-0.2, -0.15) is 0 Å². The molecule has 3 aromatic rings. The first-order chi connectivity index (χ1) is 14.1. The molecule has 0 saturated heterocycles. The zero-order chi connectivity index (χ0) is 20.5. The number of carbonyl (C=O) groups excluding carboxylic acids is 2. The Kier molecular flexibility index (Phi) is 7.19. The Balaban J connectivity index is 1.51. The number of amides is 2. The minimum Gasteiger partial charge on any atom is -0.483 e. The van der Waals surface area contributed by atoms with E-state index in [1.165, 1.54) is 6.08 Å². The van der Waals surface area contributed by atoms with Crippen LogP contribution in [0.25, 0.3) is 17.2 Å². The van der Waals surface area contributed by atoms with E-state index in [1.54, 1.807) is 12.1 Å². The van der Waals surface area contributed by atoms with Crippen molar-refractivity contribution >= 4 is 33.8 Å². The molecule has 0 saturated carbocycles. The standard InChI is InChI=1S/C23H19BrN2O3/c24-20-12-6-4-10-18(20)14-15-22(27)25-26-23(28)16-29-21-13-7-5-11-19(21)17-8-2-1-3-9-17/h1-15H,16H2,(H,25,27)(H,26,28)/b15-14+.